The second kappa shape index (κ2) is 6.61. The van der Waals surface area contributed by atoms with Crippen LogP contribution in [0.5, 0.6) is 0 Å². The van der Waals surface area contributed by atoms with Gasteiger partial charge in [0.15, 0.2) is 0 Å². The lowest BCUT2D eigenvalue weighted by molar-refractivity contribution is 0.233. The summed E-state index contributed by atoms with van der Waals surface area (Å²) >= 11 is 0. The molecule has 0 aromatic rings. The lowest BCUT2D eigenvalue weighted by Crippen LogP contribution is -2.41. The first kappa shape index (κ1) is 14.0. The smallest absolute Gasteiger partial charge is 0.0189 e. The van der Waals surface area contributed by atoms with Crippen LogP contribution < -0.4 is 5.32 Å². The van der Waals surface area contributed by atoms with E-state index >= 15 is 0 Å². The van der Waals surface area contributed by atoms with Crippen LogP contribution in [0.25, 0.3) is 0 Å². The van der Waals surface area contributed by atoms with Gasteiger partial charge >= 0.3 is 0 Å². The lowest BCUT2D eigenvalue weighted by atomic mass is 10.2. The summed E-state index contributed by atoms with van der Waals surface area (Å²) in [5.41, 5.74) is 0. The molecule has 0 saturated heterocycles. The van der Waals surface area contributed by atoms with Crippen LogP contribution >= 0.6 is 0 Å². The summed E-state index contributed by atoms with van der Waals surface area (Å²) in [7, 11) is 2.27. The van der Waals surface area contributed by atoms with Crippen LogP contribution in [0.3, 0.4) is 0 Å². The van der Waals surface area contributed by atoms with Crippen LogP contribution in [0.4, 0.5) is 0 Å². The molecular formula is C14H30N2. The second-order valence-electron chi connectivity index (χ2n) is 5.86. The molecule has 0 aliphatic heterocycles. The molecule has 4 unspecified atom stereocenters. The van der Waals surface area contributed by atoms with Gasteiger partial charge in [-0.25, -0.2) is 0 Å². The monoisotopic (exact) mass is 226 g/mol. The van der Waals surface area contributed by atoms with Crippen LogP contribution in [-0.2, 0) is 0 Å². The van der Waals surface area contributed by atoms with Gasteiger partial charge in [-0.05, 0) is 45.6 Å². The lowest BCUT2D eigenvalue weighted by Gasteiger charge is -2.26. The molecule has 0 radical (unpaired) electrons. The topological polar surface area (TPSA) is 15.3 Å². The zero-order valence-electron chi connectivity index (χ0n) is 11.8. The normalized spacial score (nSPS) is 28.1. The summed E-state index contributed by atoms with van der Waals surface area (Å²) in [6, 6.07) is 1.33. The molecule has 16 heavy (non-hydrogen) atoms. The maximum absolute atomic E-state index is 3.63. The maximum Gasteiger partial charge on any atom is 0.0189 e. The van der Waals surface area contributed by atoms with Gasteiger partial charge in [0, 0.05) is 25.2 Å². The molecule has 1 N–H and O–H groups in total. The first-order valence-electron chi connectivity index (χ1n) is 6.98. The minimum atomic E-state index is 0.659. The Kier molecular flexibility index (Phi) is 5.77. The molecule has 1 saturated carbocycles. The highest BCUT2D eigenvalue weighted by molar-refractivity contribution is 4.85. The molecule has 1 aliphatic rings. The van der Waals surface area contributed by atoms with E-state index in [1.165, 1.54) is 25.8 Å². The van der Waals surface area contributed by atoms with Gasteiger partial charge in [0.25, 0.3) is 0 Å². The highest BCUT2D eigenvalue weighted by Crippen LogP contribution is 2.38. The van der Waals surface area contributed by atoms with E-state index in [9.17, 15) is 0 Å². The van der Waals surface area contributed by atoms with Crippen molar-refractivity contribution in [1.29, 1.82) is 0 Å². The third-order valence-corrected chi connectivity index (χ3v) is 4.03. The quantitative estimate of drug-likeness (QED) is 0.684. The van der Waals surface area contributed by atoms with Gasteiger partial charge in [-0.15, -0.1) is 0 Å². The Hall–Kier alpha value is -0.0800. The number of rotatable bonds is 8. The van der Waals surface area contributed by atoms with E-state index in [4.69, 9.17) is 0 Å². The van der Waals surface area contributed by atoms with E-state index in [0.29, 0.717) is 12.1 Å². The van der Waals surface area contributed by atoms with Gasteiger partial charge in [0.2, 0.25) is 0 Å². The van der Waals surface area contributed by atoms with E-state index in [0.717, 1.165) is 18.4 Å². The standard InChI is InChI=1S/C14H30N2/c1-6-7-12(3)15-9-13(4)16(5)10-14-8-11(14)2/h11-15H,6-10H2,1-5H3. The molecule has 0 amide bonds. The molecule has 0 aromatic carbocycles. The molecule has 1 aliphatic carbocycles. The average molecular weight is 226 g/mol. The Morgan fingerprint density at radius 1 is 1.38 bits per heavy atom. The fraction of sp³-hybridized carbons (Fsp3) is 1.00. The third-order valence-electron chi connectivity index (χ3n) is 4.03. The SMILES string of the molecule is CCCC(C)NCC(C)N(C)CC1CC1C. The Labute approximate surface area is 102 Å². The summed E-state index contributed by atoms with van der Waals surface area (Å²) in [4.78, 5) is 2.51. The Morgan fingerprint density at radius 2 is 2.00 bits per heavy atom. The second-order valence-corrected chi connectivity index (χ2v) is 5.86. The predicted molar refractivity (Wildman–Crippen MR) is 71.7 cm³/mol. The van der Waals surface area contributed by atoms with Crippen molar-refractivity contribution in [2.75, 3.05) is 20.1 Å². The molecule has 1 rings (SSSR count). The van der Waals surface area contributed by atoms with Gasteiger partial charge in [0.1, 0.15) is 0 Å². The van der Waals surface area contributed by atoms with Crippen molar-refractivity contribution in [3.63, 3.8) is 0 Å². The molecule has 96 valence electrons. The fourth-order valence-corrected chi connectivity index (χ4v) is 2.27. The van der Waals surface area contributed by atoms with Crippen LogP contribution in [0.1, 0.15) is 47.0 Å². The van der Waals surface area contributed by atoms with E-state index in [-0.39, 0.29) is 0 Å². The van der Waals surface area contributed by atoms with Crippen molar-refractivity contribution < 1.29 is 0 Å². The van der Waals surface area contributed by atoms with Crippen molar-refractivity contribution in [2.45, 2.75) is 59.0 Å². The molecule has 2 nitrogen and oxygen atoms in total. The predicted octanol–water partition coefficient (Wildman–Crippen LogP) is 2.74. The molecule has 2 heteroatoms. The van der Waals surface area contributed by atoms with Crippen molar-refractivity contribution in [3.05, 3.63) is 0 Å². The minimum Gasteiger partial charge on any atom is -0.313 e. The van der Waals surface area contributed by atoms with E-state index < -0.39 is 0 Å². The summed E-state index contributed by atoms with van der Waals surface area (Å²) in [5.74, 6) is 1.95. The summed E-state index contributed by atoms with van der Waals surface area (Å²) < 4.78 is 0. The largest absolute Gasteiger partial charge is 0.313 e. The number of nitrogens with zero attached hydrogens (tertiary/aromatic N) is 1. The number of hydrogen-bond donors (Lipinski definition) is 1. The summed E-state index contributed by atoms with van der Waals surface area (Å²) in [5, 5.41) is 3.63. The maximum atomic E-state index is 3.63. The number of nitrogens with one attached hydrogen (secondary N) is 1. The van der Waals surface area contributed by atoms with Crippen LogP contribution in [0, 0.1) is 11.8 Å². The Morgan fingerprint density at radius 3 is 2.50 bits per heavy atom. The van der Waals surface area contributed by atoms with Crippen molar-refractivity contribution in [3.8, 4) is 0 Å². The van der Waals surface area contributed by atoms with Crippen molar-refractivity contribution in [2.24, 2.45) is 11.8 Å². The number of likely N-dealkylation sites (N-methyl/N-ethyl adjacent to an activating group) is 1. The zero-order chi connectivity index (χ0) is 12.1. The molecule has 0 heterocycles. The van der Waals surface area contributed by atoms with Gasteiger partial charge in [-0.2, -0.15) is 0 Å². The molecule has 0 bridgehead atoms. The van der Waals surface area contributed by atoms with Crippen molar-refractivity contribution >= 4 is 0 Å². The van der Waals surface area contributed by atoms with Gasteiger partial charge in [0.05, 0.1) is 0 Å². The third kappa shape index (κ3) is 4.84. The van der Waals surface area contributed by atoms with Crippen molar-refractivity contribution in [1.82, 2.24) is 10.2 Å². The molecule has 0 spiro atoms. The van der Waals surface area contributed by atoms with E-state index in [1.807, 2.05) is 0 Å². The average Bonchev–Trinajstić information content (AvgIpc) is 2.91. The van der Waals surface area contributed by atoms with E-state index in [2.05, 4.69) is 45.0 Å². The summed E-state index contributed by atoms with van der Waals surface area (Å²) in [6.07, 6.45) is 4.00. The Bertz CT molecular complexity index is 193. The van der Waals surface area contributed by atoms with Crippen LogP contribution in [0.2, 0.25) is 0 Å². The molecule has 4 atom stereocenters. The van der Waals surface area contributed by atoms with E-state index in [1.54, 1.807) is 0 Å². The van der Waals surface area contributed by atoms with Crippen LogP contribution in [0.15, 0.2) is 0 Å². The van der Waals surface area contributed by atoms with Crippen LogP contribution in [-0.4, -0.2) is 37.1 Å². The fourth-order valence-electron chi connectivity index (χ4n) is 2.27. The molecule has 0 aromatic heterocycles. The highest BCUT2D eigenvalue weighted by atomic mass is 15.2. The highest BCUT2D eigenvalue weighted by Gasteiger charge is 2.33. The summed E-state index contributed by atoms with van der Waals surface area (Å²) in [6.45, 7) is 11.6. The molecular weight excluding hydrogens is 196 g/mol. The Balaban J connectivity index is 2.10. The van der Waals surface area contributed by atoms with Gasteiger partial charge in [-0.1, -0.05) is 20.3 Å². The van der Waals surface area contributed by atoms with Gasteiger partial charge in [-0.3, -0.25) is 0 Å². The first-order valence-corrected chi connectivity index (χ1v) is 6.98. The first-order chi connectivity index (χ1) is 7.54. The van der Waals surface area contributed by atoms with Gasteiger partial charge < -0.3 is 10.2 Å². The minimum absolute atomic E-state index is 0.659. The zero-order valence-corrected chi connectivity index (χ0v) is 11.8. The molecule has 1 fully saturated rings. The number of hydrogen-bond acceptors (Lipinski definition) is 2.